The molecule has 0 radical (unpaired) electrons. The predicted octanol–water partition coefficient (Wildman–Crippen LogP) is 2.35. The third-order valence-corrected chi connectivity index (χ3v) is 2.44. The number of ether oxygens (including phenoxy) is 1. The highest BCUT2D eigenvalue weighted by molar-refractivity contribution is 5.19. The van der Waals surface area contributed by atoms with Crippen LogP contribution in [0.1, 0.15) is 38.8 Å². The van der Waals surface area contributed by atoms with Gasteiger partial charge >= 0.3 is 0 Å². The minimum atomic E-state index is -0.376. The van der Waals surface area contributed by atoms with Crippen LogP contribution < -0.4 is 4.74 Å². The number of rotatable bonds is 5. The van der Waals surface area contributed by atoms with Gasteiger partial charge in [-0.3, -0.25) is 0 Å². The summed E-state index contributed by atoms with van der Waals surface area (Å²) in [6, 6.07) is 5.68. The van der Waals surface area contributed by atoms with Crippen molar-refractivity contribution in [3.8, 4) is 5.88 Å². The fourth-order valence-electron chi connectivity index (χ4n) is 1.66. The normalized spacial score (nSPS) is 14.7. The molecule has 2 unspecified atom stereocenters. The van der Waals surface area contributed by atoms with E-state index in [1.54, 1.807) is 6.92 Å². The van der Waals surface area contributed by atoms with Crippen molar-refractivity contribution in [2.24, 2.45) is 0 Å². The lowest BCUT2D eigenvalue weighted by Gasteiger charge is -2.17. The quantitative estimate of drug-likeness (QED) is 0.809. The Bertz CT molecular complexity index is 299. The smallest absolute Gasteiger partial charge is 0.213 e. The molecule has 84 valence electrons. The van der Waals surface area contributed by atoms with E-state index in [1.807, 2.05) is 32.0 Å². The highest BCUT2D eigenvalue weighted by Crippen LogP contribution is 2.23. The molecule has 0 aliphatic rings. The van der Waals surface area contributed by atoms with Gasteiger partial charge in [-0.15, -0.1) is 0 Å². The number of hydrogen-bond acceptors (Lipinski definition) is 3. The molecule has 0 aliphatic carbocycles. The van der Waals surface area contributed by atoms with Crippen LogP contribution >= 0.6 is 0 Å². The van der Waals surface area contributed by atoms with Crippen LogP contribution in [0.5, 0.6) is 5.88 Å². The zero-order chi connectivity index (χ0) is 11.3. The van der Waals surface area contributed by atoms with E-state index in [4.69, 9.17) is 4.74 Å². The molecule has 0 saturated carbocycles. The van der Waals surface area contributed by atoms with E-state index in [0.29, 0.717) is 12.5 Å². The average Bonchev–Trinajstić information content (AvgIpc) is 2.19. The Morgan fingerprint density at radius 1 is 1.40 bits per heavy atom. The van der Waals surface area contributed by atoms with Gasteiger partial charge in [0.05, 0.1) is 18.4 Å². The summed E-state index contributed by atoms with van der Waals surface area (Å²) in [6.07, 6.45) is 0.500. The molecule has 0 fully saturated rings. The molecule has 0 spiro atoms. The number of pyridine rings is 1. The van der Waals surface area contributed by atoms with Crippen molar-refractivity contribution in [2.45, 2.75) is 39.2 Å². The zero-order valence-corrected chi connectivity index (χ0v) is 9.60. The van der Waals surface area contributed by atoms with E-state index in [0.717, 1.165) is 12.1 Å². The number of aliphatic hydroxyl groups excluding tert-OH is 1. The first-order valence-electron chi connectivity index (χ1n) is 5.46. The number of aliphatic hydroxyl groups is 1. The van der Waals surface area contributed by atoms with Crippen LogP contribution in [0.25, 0.3) is 0 Å². The van der Waals surface area contributed by atoms with E-state index >= 15 is 0 Å². The molecular formula is C12H19NO2. The first-order valence-corrected chi connectivity index (χ1v) is 5.46. The third-order valence-electron chi connectivity index (χ3n) is 2.44. The Morgan fingerprint density at radius 2 is 2.13 bits per heavy atom. The van der Waals surface area contributed by atoms with Crippen LogP contribution in [0, 0.1) is 0 Å². The van der Waals surface area contributed by atoms with E-state index in [2.05, 4.69) is 4.98 Å². The summed E-state index contributed by atoms with van der Waals surface area (Å²) in [7, 11) is 0. The van der Waals surface area contributed by atoms with Crippen molar-refractivity contribution in [1.29, 1.82) is 0 Å². The van der Waals surface area contributed by atoms with E-state index in [9.17, 15) is 5.11 Å². The maximum Gasteiger partial charge on any atom is 0.213 e. The van der Waals surface area contributed by atoms with Crippen LogP contribution in [0.15, 0.2) is 18.2 Å². The number of nitrogens with zero attached hydrogens (tertiary/aromatic N) is 1. The summed E-state index contributed by atoms with van der Waals surface area (Å²) in [5.74, 6) is 0.722. The summed E-state index contributed by atoms with van der Waals surface area (Å²) in [5.41, 5.74) is 0.901. The summed E-state index contributed by atoms with van der Waals surface area (Å²) >= 11 is 0. The highest BCUT2D eigenvalue weighted by Gasteiger charge is 2.16. The average molecular weight is 209 g/mol. The van der Waals surface area contributed by atoms with E-state index < -0.39 is 0 Å². The minimum absolute atomic E-state index is 0.0883. The monoisotopic (exact) mass is 209 g/mol. The lowest BCUT2D eigenvalue weighted by atomic mass is 9.96. The van der Waals surface area contributed by atoms with Gasteiger partial charge in [-0.1, -0.05) is 13.0 Å². The standard InChI is InChI=1S/C12H19NO2/c1-4-10(9(3)14)11-7-6-8-12(13-11)15-5-2/h6-10,14H,4-5H2,1-3H3. The predicted molar refractivity (Wildman–Crippen MR) is 60.1 cm³/mol. The molecular weight excluding hydrogens is 190 g/mol. The number of hydrogen-bond donors (Lipinski definition) is 1. The van der Waals surface area contributed by atoms with Crippen LogP contribution in [-0.2, 0) is 0 Å². The van der Waals surface area contributed by atoms with Gasteiger partial charge in [0.2, 0.25) is 5.88 Å². The first kappa shape index (κ1) is 12.0. The second kappa shape index (κ2) is 5.71. The van der Waals surface area contributed by atoms with Gasteiger partial charge in [-0.25, -0.2) is 4.98 Å². The van der Waals surface area contributed by atoms with Gasteiger partial charge in [0.25, 0.3) is 0 Å². The van der Waals surface area contributed by atoms with E-state index in [1.165, 1.54) is 0 Å². The summed E-state index contributed by atoms with van der Waals surface area (Å²) in [5, 5.41) is 9.61. The molecule has 1 N–H and O–H groups in total. The molecule has 0 aliphatic heterocycles. The first-order chi connectivity index (χ1) is 7.19. The Labute approximate surface area is 91.1 Å². The summed E-state index contributed by atoms with van der Waals surface area (Å²) in [6.45, 7) is 6.39. The highest BCUT2D eigenvalue weighted by atomic mass is 16.5. The minimum Gasteiger partial charge on any atom is -0.478 e. The molecule has 0 saturated heterocycles. The summed E-state index contributed by atoms with van der Waals surface area (Å²) in [4.78, 5) is 4.37. The SMILES string of the molecule is CCOc1cccc(C(CC)C(C)O)n1. The summed E-state index contributed by atoms with van der Waals surface area (Å²) < 4.78 is 5.33. The van der Waals surface area contributed by atoms with Crippen molar-refractivity contribution in [1.82, 2.24) is 4.98 Å². The molecule has 3 heteroatoms. The van der Waals surface area contributed by atoms with Gasteiger partial charge in [0.15, 0.2) is 0 Å². The van der Waals surface area contributed by atoms with Crippen molar-refractivity contribution < 1.29 is 9.84 Å². The Hall–Kier alpha value is -1.09. The lowest BCUT2D eigenvalue weighted by molar-refractivity contribution is 0.157. The van der Waals surface area contributed by atoms with Gasteiger partial charge in [0.1, 0.15) is 0 Å². The van der Waals surface area contributed by atoms with Crippen LogP contribution in [0.2, 0.25) is 0 Å². The zero-order valence-electron chi connectivity index (χ0n) is 9.60. The molecule has 1 heterocycles. The lowest BCUT2D eigenvalue weighted by Crippen LogP contribution is -2.15. The van der Waals surface area contributed by atoms with Crippen molar-refractivity contribution >= 4 is 0 Å². The largest absolute Gasteiger partial charge is 0.478 e. The molecule has 1 rings (SSSR count). The third kappa shape index (κ3) is 3.20. The second-order valence-corrected chi connectivity index (χ2v) is 3.59. The maximum atomic E-state index is 9.61. The van der Waals surface area contributed by atoms with Crippen molar-refractivity contribution in [3.63, 3.8) is 0 Å². The fraction of sp³-hybridized carbons (Fsp3) is 0.583. The van der Waals surface area contributed by atoms with Gasteiger partial charge in [0, 0.05) is 12.0 Å². The topological polar surface area (TPSA) is 42.4 Å². The van der Waals surface area contributed by atoms with Crippen molar-refractivity contribution in [2.75, 3.05) is 6.61 Å². The Balaban J connectivity index is 2.87. The molecule has 1 aromatic heterocycles. The van der Waals surface area contributed by atoms with Gasteiger partial charge < -0.3 is 9.84 Å². The van der Waals surface area contributed by atoms with Gasteiger partial charge in [-0.05, 0) is 26.3 Å². The molecule has 0 bridgehead atoms. The maximum absolute atomic E-state index is 9.61. The second-order valence-electron chi connectivity index (χ2n) is 3.59. The molecule has 15 heavy (non-hydrogen) atoms. The fourth-order valence-corrected chi connectivity index (χ4v) is 1.66. The van der Waals surface area contributed by atoms with Crippen LogP contribution in [-0.4, -0.2) is 22.8 Å². The number of aromatic nitrogens is 1. The van der Waals surface area contributed by atoms with Gasteiger partial charge in [-0.2, -0.15) is 0 Å². The Kier molecular flexibility index (Phi) is 4.56. The molecule has 1 aromatic rings. The molecule has 2 atom stereocenters. The molecule has 3 nitrogen and oxygen atoms in total. The van der Waals surface area contributed by atoms with Crippen molar-refractivity contribution in [3.05, 3.63) is 23.9 Å². The van der Waals surface area contributed by atoms with Crippen LogP contribution in [0.4, 0.5) is 0 Å². The van der Waals surface area contributed by atoms with Crippen LogP contribution in [0.3, 0.4) is 0 Å². The molecule has 0 amide bonds. The Morgan fingerprint density at radius 3 is 2.67 bits per heavy atom. The molecule has 0 aromatic carbocycles. The van der Waals surface area contributed by atoms with E-state index in [-0.39, 0.29) is 12.0 Å².